The van der Waals surface area contributed by atoms with Crippen LogP contribution in [0.25, 0.3) is 11.2 Å². The summed E-state index contributed by atoms with van der Waals surface area (Å²) in [5.74, 6) is -0.0717. The molecule has 0 aliphatic rings. The van der Waals surface area contributed by atoms with Gasteiger partial charge in [0.15, 0.2) is 10.8 Å². The highest BCUT2D eigenvalue weighted by Crippen LogP contribution is 2.28. The van der Waals surface area contributed by atoms with Gasteiger partial charge in [-0.25, -0.2) is 18.7 Å². The third-order valence-electron chi connectivity index (χ3n) is 4.07. The molecule has 4 rings (SSSR count). The average molecular weight is 402 g/mol. The Kier molecular flexibility index (Phi) is 5.09. The Morgan fingerprint density at radius 2 is 1.85 bits per heavy atom. The lowest BCUT2D eigenvalue weighted by molar-refractivity contribution is 0.625. The van der Waals surface area contributed by atoms with Crippen molar-refractivity contribution < 1.29 is 8.78 Å². The van der Waals surface area contributed by atoms with Gasteiger partial charge in [-0.2, -0.15) is 0 Å². The van der Waals surface area contributed by atoms with E-state index in [1.165, 1.54) is 36.0 Å². The van der Waals surface area contributed by atoms with Crippen molar-refractivity contribution >= 4 is 34.5 Å². The van der Waals surface area contributed by atoms with Crippen LogP contribution in [0.1, 0.15) is 11.1 Å². The Morgan fingerprint density at radius 1 is 1.00 bits per heavy atom. The summed E-state index contributed by atoms with van der Waals surface area (Å²) in [6.07, 6.45) is 1.70. The van der Waals surface area contributed by atoms with Crippen molar-refractivity contribution in [1.29, 1.82) is 0 Å². The first-order chi connectivity index (χ1) is 13.1. The van der Waals surface area contributed by atoms with E-state index in [4.69, 9.17) is 11.6 Å². The van der Waals surface area contributed by atoms with Gasteiger partial charge in [0, 0.05) is 17.0 Å². The Morgan fingerprint density at radius 3 is 2.67 bits per heavy atom. The van der Waals surface area contributed by atoms with Crippen LogP contribution >= 0.6 is 23.4 Å². The maximum Gasteiger partial charge on any atom is 0.170 e. The quantitative estimate of drug-likeness (QED) is 0.402. The molecular formula is C20H14ClF2N3S. The summed E-state index contributed by atoms with van der Waals surface area (Å²) >= 11 is 7.69. The lowest BCUT2D eigenvalue weighted by Crippen LogP contribution is -2.03. The Bertz CT molecular complexity index is 1110. The van der Waals surface area contributed by atoms with E-state index in [1.807, 2.05) is 22.8 Å². The Balaban J connectivity index is 1.68. The van der Waals surface area contributed by atoms with Gasteiger partial charge in [-0.15, -0.1) is 0 Å². The van der Waals surface area contributed by atoms with Crippen molar-refractivity contribution in [1.82, 2.24) is 14.5 Å². The highest BCUT2D eigenvalue weighted by atomic mass is 35.5. The van der Waals surface area contributed by atoms with Crippen LogP contribution in [0, 0.1) is 11.6 Å². The number of aromatic nitrogens is 3. The predicted molar refractivity (Wildman–Crippen MR) is 104 cm³/mol. The van der Waals surface area contributed by atoms with Crippen molar-refractivity contribution in [2.45, 2.75) is 17.5 Å². The van der Waals surface area contributed by atoms with Gasteiger partial charge >= 0.3 is 0 Å². The highest BCUT2D eigenvalue weighted by molar-refractivity contribution is 7.98. The van der Waals surface area contributed by atoms with E-state index in [0.29, 0.717) is 17.3 Å². The van der Waals surface area contributed by atoms with Crippen LogP contribution in [0.3, 0.4) is 0 Å². The molecule has 0 saturated heterocycles. The highest BCUT2D eigenvalue weighted by Gasteiger charge is 2.14. The van der Waals surface area contributed by atoms with E-state index in [2.05, 4.69) is 9.97 Å². The second-order valence-electron chi connectivity index (χ2n) is 5.98. The number of halogens is 3. The summed E-state index contributed by atoms with van der Waals surface area (Å²) in [7, 11) is 0. The maximum atomic E-state index is 13.4. The zero-order valence-electron chi connectivity index (χ0n) is 14.1. The summed E-state index contributed by atoms with van der Waals surface area (Å²) in [5.41, 5.74) is 3.12. The minimum Gasteiger partial charge on any atom is -0.299 e. The summed E-state index contributed by atoms with van der Waals surface area (Å²) < 4.78 is 28.7. The number of rotatable bonds is 5. The molecule has 0 spiro atoms. The number of benzene rings is 2. The molecule has 2 heterocycles. The third kappa shape index (κ3) is 3.96. The van der Waals surface area contributed by atoms with E-state index in [1.54, 1.807) is 18.3 Å². The first kappa shape index (κ1) is 17.9. The summed E-state index contributed by atoms with van der Waals surface area (Å²) in [6, 6.07) is 14.5. The van der Waals surface area contributed by atoms with Crippen LogP contribution in [0.5, 0.6) is 0 Å². The van der Waals surface area contributed by atoms with Crippen molar-refractivity contribution in [2.24, 2.45) is 0 Å². The Hall–Kier alpha value is -2.44. The molecule has 0 fully saturated rings. The van der Waals surface area contributed by atoms with Crippen LogP contribution < -0.4 is 0 Å². The molecule has 7 heteroatoms. The van der Waals surface area contributed by atoms with Crippen molar-refractivity contribution in [3.63, 3.8) is 0 Å². The SMILES string of the molecule is Fc1cccc(CSc2nc3cccnc3n2Cc2ccc(F)cc2Cl)c1. The van der Waals surface area contributed by atoms with Crippen LogP contribution in [0.15, 0.2) is 66.0 Å². The molecule has 3 nitrogen and oxygen atoms in total. The molecule has 136 valence electrons. The zero-order valence-corrected chi connectivity index (χ0v) is 15.6. The zero-order chi connectivity index (χ0) is 18.8. The van der Waals surface area contributed by atoms with Crippen molar-refractivity contribution in [3.8, 4) is 0 Å². The fraction of sp³-hybridized carbons (Fsp3) is 0.100. The summed E-state index contributed by atoms with van der Waals surface area (Å²) in [4.78, 5) is 9.07. The second-order valence-corrected chi connectivity index (χ2v) is 7.33. The number of hydrogen-bond acceptors (Lipinski definition) is 3. The maximum absolute atomic E-state index is 13.4. The van der Waals surface area contributed by atoms with Crippen LogP contribution in [0.4, 0.5) is 8.78 Å². The van der Waals surface area contributed by atoms with E-state index in [0.717, 1.165) is 27.4 Å². The van der Waals surface area contributed by atoms with Gasteiger partial charge in [0.1, 0.15) is 17.2 Å². The largest absolute Gasteiger partial charge is 0.299 e. The Labute approximate surface area is 164 Å². The van der Waals surface area contributed by atoms with Crippen LogP contribution in [-0.2, 0) is 12.3 Å². The van der Waals surface area contributed by atoms with Gasteiger partial charge in [0.05, 0.1) is 6.54 Å². The van der Waals surface area contributed by atoms with Gasteiger partial charge in [-0.1, -0.05) is 41.6 Å². The van der Waals surface area contributed by atoms with Gasteiger partial charge in [-0.3, -0.25) is 4.57 Å². The predicted octanol–water partition coefficient (Wildman–Crippen LogP) is 5.70. The molecule has 0 atom stereocenters. The molecule has 0 saturated carbocycles. The van der Waals surface area contributed by atoms with Gasteiger partial charge in [0.2, 0.25) is 0 Å². The van der Waals surface area contributed by atoms with Crippen LogP contribution in [0.2, 0.25) is 5.02 Å². The summed E-state index contributed by atoms with van der Waals surface area (Å²) in [5, 5.41) is 1.10. The third-order valence-corrected chi connectivity index (χ3v) is 5.47. The fourth-order valence-corrected chi connectivity index (χ4v) is 3.96. The van der Waals surface area contributed by atoms with E-state index in [9.17, 15) is 8.78 Å². The second kappa shape index (κ2) is 7.66. The number of thioether (sulfide) groups is 1. The van der Waals surface area contributed by atoms with Crippen molar-refractivity contribution in [3.05, 3.63) is 88.6 Å². The molecule has 27 heavy (non-hydrogen) atoms. The smallest absolute Gasteiger partial charge is 0.170 e. The molecular weight excluding hydrogens is 388 g/mol. The van der Waals surface area contributed by atoms with Gasteiger partial charge in [0.25, 0.3) is 0 Å². The molecule has 0 radical (unpaired) electrons. The van der Waals surface area contributed by atoms with Crippen LogP contribution in [-0.4, -0.2) is 14.5 Å². The number of imidazole rings is 1. The first-order valence-electron chi connectivity index (χ1n) is 8.22. The average Bonchev–Trinajstić information content (AvgIpc) is 3.00. The molecule has 0 N–H and O–H groups in total. The number of hydrogen-bond donors (Lipinski definition) is 0. The number of nitrogens with zero attached hydrogens (tertiary/aromatic N) is 3. The molecule has 0 aliphatic carbocycles. The monoisotopic (exact) mass is 401 g/mol. The molecule has 0 bridgehead atoms. The molecule has 2 aromatic carbocycles. The van der Waals surface area contributed by atoms with Crippen molar-refractivity contribution in [2.75, 3.05) is 0 Å². The van der Waals surface area contributed by atoms with E-state index < -0.39 is 0 Å². The van der Waals surface area contributed by atoms with Gasteiger partial charge < -0.3 is 0 Å². The molecule has 0 aliphatic heterocycles. The number of pyridine rings is 1. The normalized spacial score (nSPS) is 11.2. The molecule has 2 aromatic heterocycles. The molecule has 0 amide bonds. The van der Waals surface area contributed by atoms with Gasteiger partial charge in [-0.05, 0) is 47.5 Å². The van der Waals surface area contributed by atoms with E-state index in [-0.39, 0.29) is 11.6 Å². The lowest BCUT2D eigenvalue weighted by atomic mass is 10.2. The van der Waals surface area contributed by atoms with E-state index >= 15 is 0 Å². The minimum absolute atomic E-state index is 0.263. The fourth-order valence-electron chi connectivity index (χ4n) is 2.79. The number of fused-ring (bicyclic) bond motifs is 1. The molecule has 4 aromatic rings. The topological polar surface area (TPSA) is 30.7 Å². The standard InChI is InChI=1S/C20H14ClF2N3S/c21-17-10-16(23)7-6-14(17)11-26-19-18(5-2-8-24-19)25-20(26)27-12-13-3-1-4-15(22)9-13/h1-10H,11-12H2. The summed E-state index contributed by atoms with van der Waals surface area (Å²) in [6.45, 7) is 0.415. The minimum atomic E-state index is -0.377. The first-order valence-corrected chi connectivity index (χ1v) is 9.59. The molecule has 0 unspecified atom stereocenters. The lowest BCUT2D eigenvalue weighted by Gasteiger charge is -2.10.